The Kier molecular flexibility index (Phi) is 4.68. The average Bonchev–Trinajstić information content (AvgIpc) is 2.42. The zero-order chi connectivity index (χ0) is 15.4. The van der Waals surface area contributed by atoms with Gasteiger partial charge in [-0.2, -0.15) is 4.98 Å². The van der Waals surface area contributed by atoms with Crippen molar-refractivity contribution in [1.82, 2.24) is 4.98 Å². The highest BCUT2D eigenvalue weighted by Crippen LogP contribution is 2.32. The number of aromatic nitrogens is 1. The second-order valence-electron chi connectivity index (χ2n) is 5.27. The summed E-state index contributed by atoms with van der Waals surface area (Å²) >= 11 is 0. The lowest BCUT2D eigenvalue weighted by Crippen LogP contribution is -2.01. The molecule has 0 atom stereocenters. The summed E-state index contributed by atoms with van der Waals surface area (Å²) < 4.78 is 11.3. The quantitative estimate of drug-likeness (QED) is 0.891. The number of rotatable bonds is 5. The third-order valence-corrected chi connectivity index (χ3v) is 3.15. The number of hydrogen-bond acceptors (Lipinski definition) is 4. The normalized spacial score (nSPS) is 10.7. The zero-order valence-corrected chi connectivity index (χ0v) is 13.0. The van der Waals surface area contributed by atoms with E-state index in [0.717, 1.165) is 16.9 Å². The van der Waals surface area contributed by atoms with Crippen LogP contribution in [0, 0.1) is 6.92 Å². The Bertz CT molecular complexity index is 624. The molecule has 0 radical (unpaired) electrons. The molecule has 2 N–H and O–H groups in total. The highest BCUT2D eigenvalue weighted by molar-refractivity contribution is 5.50. The number of nitrogens with zero attached hydrogens (tertiary/aromatic N) is 1. The molecular formula is C17H22N2O2. The van der Waals surface area contributed by atoms with Crippen molar-refractivity contribution in [3.8, 4) is 17.5 Å². The molecular weight excluding hydrogens is 264 g/mol. The van der Waals surface area contributed by atoms with Gasteiger partial charge in [0.25, 0.3) is 0 Å². The van der Waals surface area contributed by atoms with E-state index in [1.165, 1.54) is 0 Å². The lowest BCUT2D eigenvalue weighted by Gasteiger charge is -2.15. The number of benzene rings is 1. The van der Waals surface area contributed by atoms with Crippen LogP contribution in [0.4, 0.5) is 5.69 Å². The minimum Gasteiger partial charge on any atom is -0.476 e. The summed E-state index contributed by atoms with van der Waals surface area (Å²) in [5.74, 6) is 2.10. The van der Waals surface area contributed by atoms with Crippen molar-refractivity contribution in [3.63, 3.8) is 0 Å². The number of ether oxygens (including phenoxy) is 2. The van der Waals surface area contributed by atoms with Crippen LogP contribution >= 0.6 is 0 Å². The molecule has 2 rings (SSSR count). The largest absolute Gasteiger partial charge is 0.476 e. The van der Waals surface area contributed by atoms with Gasteiger partial charge in [0, 0.05) is 6.07 Å². The predicted molar refractivity (Wildman–Crippen MR) is 85.2 cm³/mol. The molecule has 0 aliphatic carbocycles. The predicted octanol–water partition coefficient (Wildman–Crippen LogP) is 4.29. The summed E-state index contributed by atoms with van der Waals surface area (Å²) in [5, 5.41) is 0. The van der Waals surface area contributed by atoms with Crippen LogP contribution in [0.15, 0.2) is 30.3 Å². The fraction of sp³-hybridized carbons (Fsp3) is 0.353. The highest BCUT2D eigenvalue weighted by atomic mass is 16.5. The topological polar surface area (TPSA) is 57.4 Å². The number of aryl methyl sites for hydroxylation is 1. The molecule has 0 aliphatic rings. The van der Waals surface area contributed by atoms with Crippen molar-refractivity contribution >= 4 is 5.69 Å². The van der Waals surface area contributed by atoms with Gasteiger partial charge in [-0.3, -0.25) is 0 Å². The summed E-state index contributed by atoms with van der Waals surface area (Å²) in [6, 6.07) is 9.70. The molecule has 4 heteroatoms. The van der Waals surface area contributed by atoms with Crippen LogP contribution in [0.3, 0.4) is 0 Å². The second-order valence-corrected chi connectivity index (χ2v) is 5.27. The van der Waals surface area contributed by atoms with E-state index in [2.05, 4.69) is 31.0 Å². The lowest BCUT2D eigenvalue weighted by molar-refractivity contribution is 0.322. The van der Waals surface area contributed by atoms with Crippen molar-refractivity contribution < 1.29 is 9.47 Å². The number of nitrogens with two attached hydrogens (primary N) is 1. The molecule has 0 fully saturated rings. The maximum absolute atomic E-state index is 5.95. The van der Waals surface area contributed by atoms with E-state index in [0.29, 0.717) is 30.0 Å². The first-order valence-electron chi connectivity index (χ1n) is 7.19. The standard InChI is InChI=1S/C17H22N2O2/c1-5-20-17-14(18)8-9-16(19-17)21-15-10-12(4)6-7-13(15)11(2)3/h6-11H,5,18H2,1-4H3. The van der Waals surface area contributed by atoms with Crippen molar-refractivity contribution in [3.05, 3.63) is 41.5 Å². The lowest BCUT2D eigenvalue weighted by atomic mass is 10.0. The van der Waals surface area contributed by atoms with Crippen LogP contribution in [0.1, 0.15) is 37.8 Å². The number of anilines is 1. The fourth-order valence-corrected chi connectivity index (χ4v) is 2.06. The van der Waals surface area contributed by atoms with Crippen LogP contribution in [0.5, 0.6) is 17.5 Å². The third kappa shape index (κ3) is 3.66. The zero-order valence-electron chi connectivity index (χ0n) is 13.0. The number of hydrogen-bond donors (Lipinski definition) is 1. The molecule has 0 saturated carbocycles. The third-order valence-electron chi connectivity index (χ3n) is 3.15. The molecule has 1 aromatic carbocycles. The van der Waals surface area contributed by atoms with Gasteiger partial charge in [0.15, 0.2) is 0 Å². The molecule has 112 valence electrons. The molecule has 1 aromatic heterocycles. The van der Waals surface area contributed by atoms with E-state index < -0.39 is 0 Å². The van der Waals surface area contributed by atoms with Gasteiger partial charge in [-0.25, -0.2) is 0 Å². The van der Waals surface area contributed by atoms with E-state index in [1.54, 1.807) is 12.1 Å². The summed E-state index contributed by atoms with van der Waals surface area (Å²) in [6.45, 7) is 8.73. The minimum atomic E-state index is 0.376. The molecule has 0 spiro atoms. The molecule has 1 heterocycles. The van der Waals surface area contributed by atoms with Gasteiger partial charge in [-0.15, -0.1) is 0 Å². The van der Waals surface area contributed by atoms with Gasteiger partial charge in [-0.05, 0) is 43.0 Å². The summed E-state index contributed by atoms with van der Waals surface area (Å²) in [6.07, 6.45) is 0. The SMILES string of the molecule is CCOc1nc(Oc2cc(C)ccc2C(C)C)ccc1N. The molecule has 2 aromatic rings. The first kappa shape index (κ1) is 15.2. The highest BCUT2D eigenvalue weighted by Gasteiger charge is 2.11. The molecule has 0 bridgehead atoms. The second kappa shape index (κ2) is 6.48. The summed E-state index contributed by atoms with van der Waals surface area (Å²) in [4.78, 5) is 4.32. The molecule has 0 unspecified atom stereocenters. The fourth-order valence-electron chi connectivity index (χ4n) is 2.06. The summed E-state index contributed by atoms with van der Waals surface area (Å²) in [5.41, 5.74) is 8.64. The van der Waals surface area contributed by atoms with E-state index >= 15 is 0 Å². The van der Waals surface area contributed by atoms with Gasteiger partial charge >= 0.3 is 0 Å². The van der Waals surface area contributed by atoms with Crippen LogP contribution < -0.4 is 15.2 Å². The van der Waals surface area contributed by atoms with E-state index in [-0.39, 0.29) is 0 Å². The van der Waals surface area contributed by atoms with E-state index in [1.807, 2.05) is 19.9 Å². The average molecular weight is 286 g/mol. The first-order valence-corrected chi connectivity index (χ1v) is 7.19. The van der Waals surface area contributed by atoms with E-state index in [9.17, 15) is 0 Å². The Labute approximate surface area is 125 Å². The van der Waals surface area contributed by atoms with Crippen molar-refractivity contribution in [2.75, 3.05) is 12.3 Å². The monoisotopic (exact) mass is 286 g/mol. The maximum Gasteiger partial charge on any atom is 0.240 e. The first-order chi connectivity index (χ1) is 10.0. The van der Waals surface area contributed by atoms with Gasteiger partial charge in [0.1, 0.15) is 5.75 Å². The number of pyridine rings is 1. The Balaban J connectivity index is 2.33. The number of nitrogen functional groups attached to an aromatic ring is 1. The Morgan fingerprint density at radius 2 is 1.95 bits per heavy atom. The van der Waals surface area contributed by atoms with Crippen LogP contribution in [0.2, 0.25) is 0 Å². The van der Waals surface area contributed by atoms with E-state index in [4.69, 9.17) is 15.2 Å². The molecule has 0 amide bonds. The van der Waals surface area contributed by atoms with Crippen LogP contribution in [-0.2, 0) is 0 Å². The molecule has 0 saturated heterocycles. The van der Waals surface area contributed by atoms with Crippen LogP contribution in [-0.4, -0.2) is 11.6 Å². The van der Waals surface area contributed by atoms with Gasteiger partial charge < -0.3 is 15.2 Å². The van der Waals surface area contributed by atoms with Crippen molar-refractivity contribution in [1.29, 1.82) is 0 Å². The van der Waals surface area contributed by atoms with Gasteiger partial charge in [0.2, 0.25) is 11.8 Å². The Hall–Kier alpha value is -2.23. The molecule has 21 heavy (non-hydrogen) atoms. The Morgan fingerprint density at radius 3 is 2.62 bits per heavy atom. The van der Waals surface area contributed by atoms with Crippen molar-refractivity contribution in [2.24, 2.45) is 0 Å². The smallest absolute Gasteiger partial charge is 0.240 e. The van der Waals surface area contributed by atoms with Gasteiger partial charge in [0.05, 0.1) is 12.3 Å². The molecule has 4 nitrogen and oxygen atoms in total. The van der Waals surface area contributed by atoms with Crippen molar-refractivity contribution in [2.45, 2.75) is 33.6 Å². The van der Waals surface area contributed by atoms with Crippen LogP contribution in [0.25, 0.3) is 0 Å². The Morgan fingerprint density at radius 1 is 1.19 bits per heavy atom. The summed E-state index contributed by atoms with van der Waals surface area (Å²) in [7, 11) is 0. The molecule has 0 aliphatic heterocycles. The maximum atomic E-state index is 5.95. The minimum absolute atomic E-state index is 0.376. The van der Waals surface area contributed by atoms with Gasteiger partial charge in [-0.1, -0.05) is 26.0 Å².